The van der Waals surface area contributed by atoms with Crippen molar-refractivity contribution in [2.75, 3.05) is 13.2 Å². The van der Waals surface area contributed by atoms with E-state index in [-0.39, 0.29) is 30.2 Å². The smallest absolute Gasteiger partial charge is 0.303 e. The predicted molar refractivity (Wildman–Crippen MR) is 115 cm³/mol. The molecule has 0 N–H and O–H groups in total. The van der Waals surface area contributed by atoms with Crippen molar-refractivity contribution < 1.29 is 23.9 Å². The number of nitrogens with zero attached hydrogens (tertiary/aromatic N) is 2. The molecule has 2 amide bonds. The molecule has 0 radical (unpaired) electrons. The lowest BCUT2D eigenvalue weighted by atomic mass is 10.1. The molecule has 3 atom stereocenters. The van der Waals surface area contributed by atoms with Crippen molar-refractivity contribution in [1.29, 1.82) is 0 Å². The Morgan fingerprint density at radius 3 is 2.48 bits per heavy atom. The van der Waals surface area contributed by atoms with Crippen LogP contribution in [-0.4, -0.2) is 64.6 Å². The number of likely N-dealkylation sites (tertiary alicyclic amines) is 2. The van der Waals surface area contributed by atoms with Gasteiger partial charge >= 0.3 is 5.97 Å². The molecule has 0 spiro atoms. The lowest BCUT2D eigenvalue weighted by molar-refractivity contribution is -0.151. The standard InChI is InChI=1S/C24H32N2O5/c1-17-13-14-21(26(17)23(29)12-6-10-19-8-4-3-5-9-19)24(30)25-15-7-11-20(25)22(28)16-31-18(2)27/h3-5,8-9,17,20-21H,6-7,10-16H2,1-2H3/t17-,20-,21-/m0/s1. The Hall–Kier alpha value is -2.70. The van der Waals surface area contributed by atoms with E-state index < -0.39 is 18.1 Å². The molecule has 0 aromatic heterocycles. The van der Waals surface area contributed by atoms with Gasteiger partial charge in [0.15, 0.2) is 12.4 Å². The minimum atomic E-state index is -0.571. The first-order valence-corrected chi connectivity index (χ1v) is 11.2. The topological polar surface area (TPSA) is 84.0 Å². The first-order chi connectivity index (χ1) is 14.9. The lowest BCUT2D eigenvalue weighted by Crippen LogP contribution is -2.52. The predicted octanol–water partition coefficient (Wildman–Crippen LogP) is 2.51. The maximum absolute atomic E-state index is 13.3. The summed E-state index contributed by atoms with van der Waals surface area (Å²) in [6.07, 6.45) is 4.66. The fourth-order valence-electron chi connectivity index (χ4n) is 4.69. The van der Waals surface area contributed by atoms with Gasteiger partial charge in [-0.05, 0) is 51.0 Å². The quantitative estimate of drug-likeness (QED) is 0.594. The fourth-order valence-corrected chi connectivity index (χ4v) is 4.69. The van der Waals surface area contributed by atoms with E-state index in [0.29, 0.717) is 25.8 Å². The highest BCUT2D eigenvalue weighted by Crippen LogP contribution is 2.29. The second-order valence-corrected chi connectivity index (χ2v) is 8.52. The van der Waals surface area contributed by atoms with E-state index in [0.717, 1.165) is 25.7 Å². The molecular weight excluding hydrogens is 396 g/mol. The van der Waals surface area contributed by atoms with Crippen molar-refractivity contribution in [1.82, 2.24) is 9.80 Å². The first kappa shape index (κ1) is 23.0. The minimum absolute atomic E-state index is 0.00117. The molecule has 1 aromatic rings. The zero-order chi connectivity index (χ0) is 22.4. The third-order valence-corrected chi connectivity index (χ3v) is 6.27. The SMILES string of the molecule is CC(=O)OCC(=O)[C@@H]1CCCN1C(=O)[C@@H]1CC[C@H](C)N1C(=O)CCCc1ccccc1. The minimum Gasteiger partial charge on any atom is -0.458 e. The van der Waals surface area contributed by atoms with Crippen molar-refractivity contribution in [3.05, 3.63) is 35.9 Å². The van der Waals surface area contributed by atoms with Crippen molar-refractivity contribution in [2.24, 2.45) is 0 Å². The van der Waals surface area contributed by atoms with Crippen molar-refractivity contribution in [2.45, 2.75) is 76.9 Å². The Balaban J connectivity index is 1.60. The summed E-state index contributed by atoms with van der Waals surface area (Å²) in [5.41, 5.74) is 1.20. The summed E-state index contributed by atoms with van der Waals surface area (Å²) < 4.78 is 4.84. The average Bonchev–Trinajstić information content (AvgIpc) is 3.39. The molecule has 31 heavy (non-hydrogen) atoms. The number of carbonyl (C=O) groups is 4. The second-order valence-electron chi connectivity index (χ2n) is 8.52. The van der Waals surface area contributed by atoms with E-state index in [1.807, 2.05) is 25.1 Å². The number of amides is 2. The molecule has 7 nitrogen and oxygen atoms in total. The zero-order valence-corrected chi connectivity index (χ0v) is 18.4. The number of benzene rings is 1. The van der Waals surface area contributed by atoms with Gasteiger partial charge in [0.05, 0.1) is 6.04 Å². The number of aryl methyl sites for hydroxylation is 1. The summed E-state index contributed by atoms with van der Waals surface area (Å²) in [5.74, 6) is -0.922. The number of hydrogen-bond donors (Lipinski definition) is 0. The summed E-state index contributed by atoms with van der Waals surface area (Å²) >= 11 is 0. The molecule has 0 unspecified atom stereocenters. The fraction of sp³-hybridized carbons (Fsp3) is 0.583. The summed E-state index contributed by atoms with van der Waals surface area (Å²) in [6, 6.07) is 8.98. The van der Waals surface area contributed by atoms with Gasteiger partial charge in [-0.15, -0.1) is 0 Å². The summed E-state index contributed by atoms with van der Waals surface area (Å²) in [7, 11) is 0. The van der Waals surface area contributed by atoms with Gasteiger partial charge in [0.25, 0.3) is 0 Å². The van der Waals surface area contributed by atoms with Crippen LogP contribution in [0.1, 0.15) is 57.9 Å². The number of ketones is 1. The molecule has 0 bridgehead atoms. The van der Waals surface area contributed by atoms with E-state index in [1.165, 1.54) is 12.5 Å². The Morgan fingerprint density at radius 1 is 1.03 bits per heavy atom. The number of rotatable bonds is 8. The molecule has 2 saturated heterocycles. The number of Topliss-reactive ketones (excluding diaryl/α,β-unsaturated/α-hetero) is 1. The van der Waals surface area contributed by atoms with Gasteiger partial charge in [-0.1, -0.05) is 30.3 Å². The van der Waals surface area contributed by atoms with Crippen molar-refractivity contribution >= 4 is 23.6 Å². The molecular formula is C24H32N2O5. The average molecular weight is 429 g/mol. The number of carbonyl (C=O) groups excluding carboxylic acids is 4. The Morgan fingerprint density at radius 2 is 1.77 bits per heavy atom. The van der Waals surface area contributed by atoms with Crippen molar-refractivity contribution in [3.63, 3.8) is 0 Å². The molecule has 2 fully saturated rings. The molecule has 7 heteroatoms. The molecule has 2 heterocycles. The van der Waals surface area contributed by atoms with Crippen LogP contribution in [0.2, 0.25) is 0 Å². The summed E-state index contributed by atoms with van der Waals surface area (Å²) in [4.78, 5) is 53.2. The lowest BCUT2D eigenvalue weighted by Gasteiger charge is -2.33. The molecule has 1 aromatic carbocycles. The molecule has 2 aliphatic rings. The van der Waals surface area contributed by atoms with Gasteiger partial charge in [-0.2, -0.15) is 0 Å². The zero-order valence-electron chi connectivity index (χ0n) is 18.4. The number of ether oxygens (including phenoxy) is 1. The third kappa shape index (κ3) is 5.71. The van der Waals surface area contributed by atoms with Crippen LogP contribution in [0, 0.1) is 0 Å². The monoisotopic (exact) mass is 428 g/mol. The Bertz CT molecular complexity index is 809. The van der Waals surface area contributed by atoms with Gasteiger partial charge in [0.1, 0.15) is 6.04 Å². The second kappa shape index (κ2) is 10.6. The molecule has 3 rings (SSSR count). The number of hydrogen-bond acceptors (Lipinski definition) is 5. The van der Waals surface area contributed by atoms with Crippen LogP contribution >= 0.6 is 0 Å². The Labute approximate surface area is 183 Å². The molecule has 168 valence electrons. The van der Waals surface area contributed by atoms with Crippen LogP contribution < -0.4 is 0 Å². The third-order valence-electron chi connectivity index (χ3n) is 6.27. The maximum atomic E-state index is 13.3. The van der Waals surface area contributed by atoms with Gasteiger partial charge in [0.2, 0.25) is 11.8 Å². The normalized spacial score (nSPS) is 23.1. The van der Waals surface area contributed by atoms with Gasteiger partial charge in [-0.25, -0.2) is 0 Å². The van der Waals surface area contributed by atoms with E-state index in [4.69, 9.17) is 4.74 Å². The van der Waals surface area contributed by atoms with Crippen LogP contribution in [0.3, 0.4) is 0 Å². The maximum Gasteiger partial charge on any atom is 0.303 e. The van der Waals surface area contributed by atoms with Crippen LogP contribution in [0.25, 0.3) is 0 Å². The molecule has 0 saturated carbocycles. The van der Waals surface area contributed by atoms with Gasteiger partial charge < -0.3 is 14.5 Å². The van der Waals surface area contributed by atoms with Gasteiger partial charge in [0, 0.05) is 25.9 Å². The van der Waals surface area contributed by atoms with Gasteiger partial charge in [-0.3, -0.25) is 19.2 Å². The molecule has 2 aliphatic heterocycles. The summed E-state index contributed by atoms with van der Waals surface area (Å²) in [5, 5.41) is 0. The molecule has 0 aliphatic carbocycles. The largest absolute Gasteiger partial charge is 0.458 e. The van der Waals surface area contributed by atoms with E-state index >= 15 is 0 Å². The first-order valence-electron chi connectivity index (χ1n) is 11.2. The van der Waals surface area contributed by atoms with Crippen LogP contribution in [0.15, 0.2) is 30.3 Å². The van der Waals surface area contributed by atoms with E-state index in [1.54, 1.807) is 9.80 Å². The van der Waals surface area contributed by atoms with Crippen LogP contribution in [0.4, 0.5) is 0 Å². The number of esters is 1. The highest BCUT2D eigenvalue weighted by atomic mass is 16.5. The summed E-state index contributed by atoms with van der Waals surface area (Å²) in [6.45, 7) is 3.42. The highest BCUT2D eigenvalue weighted by Gasteiger charge is 2.44. The Kier molecular flexibility index (Phi) is 7.82. The van der Waals surface area contributed by atoms with Crippen LogP contribution in [0.5, 0.6) is 0 Å². The van der Waals surface area contributed by atoms with Crippen molar-refractivity contribution in [3.8, 4) is 0 Å². The van der Waals surface area contributed by atoms with E-state index in [2.05, 4.69) is 12.1 Å². The van der Waals surface area contributed by atoms with Crippen LogP contribution in [-0.2, 0) is 30.3 Å². The van der Waals surface area contributed by atoms with E-state index in [9.17, 15) is 19.2 Å². The highest BCUT2D eigenvalue weighted by molar-refractivity contribution is 5.94.